The maximum Gasteiger partial charge on any atom is 0.223 e. The molecular formula is C25H25ClN6. The van der Waals surface area contributed by atoms with E-state index in [0.29, 0.717) is 23.1 Å². The first-order valence-electron chi connectivity index (χ1n) is 11.4. The van der Waals surface area contributed by atoms with Crippen molar-refractivity contribution in [3.8, 4) is 22.5 Å². The Morgan fingerprint density at radius 2 is 1.72 bits per heavy atom. The minimum absolute atomic E-state index is 0.455. The molecule has 0 radical (unpaired) electrons. The van der Waals surface area contributed by atoms with E-state index in [1.807, 2.05) is 41.0 Å². The first-order chi connectivity index (χ1) is 15.7. The third kappa shape index (κ3) is 3.79. The smallest absolute Gasteiger partial charge is 0.223 e. The Morgan fingerprint density at radius 3 is 2.53 bits per heavy atom. The number of rotatable bonds is 6. The van der Waals surface area contributed by atoms with Crippen LogP contribution >= 0.6 is 11.6 Å². The van der Waals surface area contributed by atoms with Crippen molar-refractivity contribution in [3.63, 3.8) is 0 Å². The van der Waals surface area contributed by atoms with Gasteiger partial charge in [-0.2, -0.15) is 5.10 Å². The molecule has 0 saturated heterocycles. The molecule has 0 spiro atoms. The van der Waals surface area contributed by atoms with Crippen molar-refractivity contribution in [1.82, 2.24) is 19.6 Å². The molecule has 1 aromatic carbocycles. The van der Waals surface area contributed by atoms with E-state index in [-0.39, 0.29) is 0 Å². The quantitative estimate of drug-likeness (QED) is 0.379. The van der Waals surface area contributed by atoms with E-state index < -0.39 is 0 Å². The Morgan fingerprint density at radius 1 is 0.906 bits per heavy atom. The number of pyridine rings is 1. The fourth-order valence-electron chi connectivity index (χ4n) is 4.53. The number of fused-ring (bicyclic) bond motifs is 1. The maximum absolute atomic E-state index is 6.34. The fraction of sp³-hybridized carbons (Fsp3) is 0.320. The topological polar surface area (TPSA) is 67.1 Å². The number of anilines is 2. The van der Waals surface area contributed by atoms with Crippen LogP contribution in [-0.2, 0) is 0 Å². The van der Waals surface area contributed by atoms with Crippen molar-refractivity contribution in [2.45, 2.75) is 50.6 Å². The predicted molar refractivity (Wildman–Crippen MR) is 129 cm³/mol. The van der Waals surface area contributed by atoms with Crippen molar-refractivity contribution < 1.29 is 0 Å². The van der Waals surface area contributed by atoms with Crippen LogP contribution in [0.15, 0.2) is 54.7 Å². The number of aromatic nitrogens is 4. The van der Waals surface area contributed by atoms with Crippen LogP contribution in [0, 0.1) is 0 Å². The Bertz CT molecular complexity index is 1270. The van der Waals surface area contributed by atoms with Crippen LogP contribution < -0.4 is 10.6 Å². The first-order valence-corrected chi connectivity index (χ1v) is 11.8. The summed E-state index contributed by atoms with van der Waals surface area (Å²) in [5, 5.41) is 12.8. The molecule has 0 unspecified atom stereocenters. The zero-order valence-corrected chi connectivity index (χ0v) is 18.5. The second kappa shape index (κ2) is 8.10. The summed E-state index contributed by atoms with van der Waals surface area (Å²) in [5.74, 6) is 1.68. The van der Waals surface area contributed by atoms with Gasteiger partial charge in [0.05, 0.1) is 16.8 Å². The standard InChI is InChI=1S/C25H25ClN6/c26-17-6-3-5-16(15-17)24-23(20-13-14-27-25(30-20)29-18-7-1-2-8-18)21-9-4-10-22(32(21)31-24)28-19-11-12-19/h3-6,9-10,13-15,18-19,28H,1-2,7-8,11-12H2,(H,27,29,30). The van der Waals surface area contributed by atoms with Crippen molar-refractivity contribution in [2.75, 3.05) is 10.6 Å². The highest BCUT2D eigenvalue weighted by Crippen LogP contribution is 2.37. The highest BCUT2D eigenvalue weighted by molar-refractivity contribution is 6.30. The lowest BCUT2D eigenvalue weighted by molar-refractivity contribution is 0.744. The lowest BCUT2D eigenvalue weighted by Gasteiger charge is -2.12. The van der Waals surface area contributed by atoms with Crippen LogP contribution in [0.3, 0.4) is 0 Å². The van der Waals surface area contributed by atoms with E-state index in [2.05, 4.69) is 33.8 Å². The van der Waals surface area contributed by atoms with E-state index in [0.717, 1.165) is 33.8 Å². The molecule has 32 heavy (non-hydrogen) atoms. The molecule has 4 aromatic rings. The van der Waals surface area contributed by atoms with Gasteiger partial charge in [-0.1, -0.05) is 42.6 Å². The molecule has 0 amide bonds. The first kappa shape index (κ1) is 19.6. The molecule has 2 N–H and O–H groups in total. The summed E-state index contributed by atoms with van der Waals surface area (Å²) >= 11 is 6.34. The van der Waals surface area contributed by atoms with Gasteiger partial charge in [-0.15, -0.1) is 0 Å². The second-order valence-corrected chi connectivity index (χ2v) is 9.19. The molecule has 162 valence electrons. The largest absolute Gasteiger partial charge is 0.367 e. The number of nitrogens with zero attached hydrogens (tertiary/aromatic N) is 4. The molecule has 7 heteroatoms. The fourth-order valence-corrected chi connectivity index (χ4v) is 4.72. The van der Waals surface area contributed by atoms with E-state index in [9.17, 15) is 0 Å². The molecule has 3 heterocycles. The molecule has 2 fully saturated rings. The Hall–Kier alpha value is -3.12. The normalized spacial score (nSPS) is 16.5. The monoisotopic (exact) mass is 444 g/mol. The van der Waals surface area contributed by atoms with Gasteiger partial charge in [-0.05, 0) is 56.0 Å². The molecule has 6 nitrogen and oxygen atoms in total. The Labute approximate surface area is 192 Å². The molecule has 3 aromatic heterocycles. The summed E-state index contributed by atoms with van der Waals surface area (Å²) in [6, 6.07) is 17.1. The van der Waals surface area contributed by atoms with E-state index in [1.54, 1.807) is 0 Å². The minimum atomic E-state index is 0.455. The van der Waals surface area contributed by atoms with Crippen molar-refractivity contribution in [1.29, 1.82) is 0 Å². The van der Waals surface area contributed by atoms with Crippen molar-refractivity contribution in [3.05, 3.63) is 59.8 Å². The number of halogens is 1. The minimum Gasteiger partial charge on any atom is -0.367 e. The highest BCUT2D eigenvalue weighted by atomic mass is 35.5. The van der Waals surface area contributed by atoms with Crippen LogP contribution in [-0.4, -0.2) is 31.7 Å². The predicted octanol–water partition coefficient (Wildman–Crippen LogP) is 6.04. The van der Waals surface area contributed by atoms with Gasteiger partial charge in [-0.3, -0.25) is 0 Å². The summed E-state index contributed by atoms with van der Waals surface area (Å²) in [6.07, 6.45) is 9.11. The van der Waals surface area contributed by atoms with Crippen LogP contribution in [0.5, 0.6) is 0 Å². The zero-order chi connectivity index (χ0) is 21.5. The number of hydrogen-bond acceptors (Lipinski definition) is 5. The molecule has 0 bridgehead atoms. The van der Waals surface area contributed by atoms with Gasteiger partial charge in [0.1, 0.15) is 11.5 Å². The van der Waals surface area contributed by atoms with Crippen LogP contribution in [0.4, 0.5) is 11.8 Å². The van der Waals surface area contributed by atoms with E-state index in [4.69, 9.17) is 21.7 Å². The Balaban J connectivity index is 1.50. The molecule has 2 aliphatic carbocycles. The van der Waals surface area contributed by atoms with Crippen molar-refractivity contribution >= 4 is 28.9 Å². The van der Waals surface area contributed by atoms with Gasteiger partial charge in [0.15, 0.2) is 0 Å². The molecule has 6 rings (SSSR count). The van der Waals surface area contributed by atoms with Crippen LogP contribution in [0.25, 0.3) is 28.0 Å². The average Bonchev–Trinajstić information content (AvgIpc) is 3.30. The number of hydrogen-bond donors (Lipinski definition) is 2. The molecular weight excluding hydrogens is 420 g/mol. The van der Waals surface area contributed by atoms with Gasteiger partial charge in [0.25, 0.3) is 0 Å². The average molecular weight is 445 g/mol. The van der Waals surface area contributed by atoms with E-state index >= 15 is 0 Å². The van der Waals surface area contributed by atoms with Gasteiger partial charge in [0.2, 0.25) is 5.95 Å². The van der Waals surface area contributed by atoms with Crippen molar-refractivity contribution in [2.24, 2.45) is 0 Å². The number of nitrogens with one attached hydrogen (secondary N) is 2. The summed E-state index contributed by atoms with van der Waals surface area (Å²) in [6.45, 7) is 0. The van der Waals surface area contributed by atoms with E-state index in [1.165, 1.54) is 38.5 Å². The summed E-state index contributed by atoms with van der Waals surface area (Å²) < 4.78 is 2.00. The third-order valence-electron chi connectivity index (χ3n) is 6.29. The van der Waals surface area contributed by atoms with Gasteiger partial charge >= 0.3 is 0 Å². The van der Waals surface area contributed by atoms with Crippen LogP contribution in [0.2, 0.25) is 5.02 Å². The van der Waals surface area contributed by atoms with Gasteiger partial charge < -0.3 is 10.6 Å². The molecule has 0 aliphatic heterocycles. The second-order valence-electron chi connectivity index (χ2n) is 8.75. The number of benzene rings is 1. The summed E-state index contributed by atoms with van der Waals surface area (Å²) in [5.41, 5.74) is 4.69. The Kier molecular flexibility index (Phi) is 4.95. The maximum atomic E-state index is 6.34. The molecule has 0 atom stereocenters. The van der Waals surface area contributed by atoms with Gasteiger partial charge in [0, 0.05) is 28.9 Å². The third-order valence-corrected chi connectivity index (χ3v) is 6.52. The zero-order valence-electron chi connectivity index (χ0n) is 17.8. The van der Waals surface area contributed by atoms with Crippen LogP contribution in [0.1, 0.15) is 38.5 Å². The van der Waals surface area contributed by atoms with Gasteiger partial charge in [-0.25, -0.2) is 14.5 Å². The summed E-state index contributed by atoms with van der Waals surface area (Å²) in [4.78, 5) is 9.40. The molecule has 2 saturated carbocycles. The SMILES string of the molecule is Clc1cccc(-c2nn3c(NC4CC4)cccc3c2-c2ccnc(NC3CCCC3)n2)c1. The summed E-state index contributed by atoms with van der Waals surface area (Å²) in [7, 11) is 0. The lowest BCUT2D eigenvalue weighted by Crippen LogP contribution is -2.16. The lowest BCUT2D eigenvalue weighted by atomic mass is 10.0. The highest BCUT2D eigenvalue weighted by Gasteiger charge is 2.24. The molecule has 2 aliphatic rings.